The maximum atomic E-state index is 13.5. The largest absolute Gasteiger partial charge is 0.392 e. The van der Waals surface area contributed by atoms with E-state index in [1.807, 2.05) is 104 Å². The SMILES string of the molecule is Cc1ccc(S(=O)(=O)NC(Cc2ccccc2)C(=O)NCc2ccc(C3OC(CSc4ccccn4)CC(c4ccc(CO)cc4)O3)cc2)cc1. The Hall–Kier alpha value is -4.36. The van der Waals surface area contributed by atoms with Crippen molar-refractivity contribution >= 4 is 27.7 Å². The molecule has 1 aliphatic rings. The number of benzene rings is 4. The molecule has 1 aromatic heterocycles. The summed E-state index contributed by atoms with van der Waals surface area (Å²) in [6, 6.07) is 36.1. The Balaban J connectivity index is 1.13. The van der Waals surface area contributed by atoms with E-state index >= 15 is 0 Å². The van der Waals surface area contributed by atoms with Crippen LogP contribution < -0.4 is 10.0 Å². The zero-order valence-electron chi connectivity index (χ0n) is 28.2. The van der Waals surface area contributed by atoms with Crippen LogP contribution in [0.2, 0.25) is 0 Å². The van der Waals surface area contributed by atoms with Crippen LogP contribution in [0.4, 0.5) is 0 Å². The van der Waals surface area contributed by atoms with Gasteiger partial charge < -0.3 is 19.9 Å². The molecule has 51 heavy (non-hydrogen) atoms. The maximum Gasteiger partial charge on any atom is 0.241 e. The van der Waals surface area contributed by atoms with Crippen LogP contribution in [0, 0.1) is 6.92 Å². The number of hydrogen-bond acceptors (Lipinski definition) is 8. The first-order valence-electron chi connectivity index (χ1n) is 16.8. The summed E-state index contributed by atoms with van der Waals surface area (Å²) < 4.78 is 42.1. The molecule has 1 amide bonds. The summed E-state index contributed by atoms with van der Waals surface area (Å²) in [5.74, 6) is 0.269. The minimum absolute atomic E-state index is 0.0234. The summed E-state index contributed by atoms with van der Waals surface area (Å²) >= 11 is 1.64. The van der Waals surface area contributed by atoms with Crippen molar-refractivity contribution in [3.63, 3.8) is 0 Å². The maximum absolute atomic E-state index is 13.5. The first-order chi connectivity index (χ1) is 24.8. The number of pyridine rings is 1. The molecule has 1 saturated heterocycles. The van der Waals surface area contributed by atoms with E-state index in [9.17, 15) is 18.3 Å². The van der Waals surface area contributed by atoms with Crippen molar-refractivity contribution in [2.75, 3.05) is 5.75 Å². The fraction of sp³-hybridized carbons (Fsp3) is 0.250. The highest BCUT2D eigenvalue weighted by Gasteiger charge is 2.32. The number of carbonyl (C=O) groups excluding carboxylic acids is 1. The van der Waals surface area contributed by atoms with E-state index in [0.29, 0.717) is 12.2 Å². The molecule has 0 radical (unpaired) electrons. The van der Waals surface area contributed by atoms with Crippen LogP contribution in [0.5, 0.6) is 0 Å². The van der Waals surface area contributed by atoms with Crippen LogP contribution in [0.3, 0.4) is 0 Å². The number of aliphatic hydroxyl groups is 1. The van der Waals surface area contributed by atoms with E-state index in [2.05, 4.69) is 15.0 Å². The van der Waals surface area contributed by atoms with Crippen molar-refractivity contribution in [1.82, 2.24) is 15.0 Å². The summed E-state index contributed by atoms with van der Waals surface area (Å²) in [6.45, 7) is 2.06. The molecule has 4 unspecified atom stereocenters. The van der Waals surface area contributed by atoms with E-state index < -0.39 is 28.3 Å². The smallest absolute Gasteiger partial charge is 0.241 e. The van der Waals surface area contributed by atoms with Gasteiger partial charge in [-0.1, -0.05) is 103 Å². The van der Waals surface area contributed by atoms with Gasteiger partial charge in [0.05, 0.1) is 28.7 Å². The van der Waals surface area contributed by atoms with Crippen LogP contribution in [-0.2, 0) is 43.9 Å². The molecule has 0 bridgehead atoms. The molecule has 0 aliphatic carbocycles. The molecule has 3 N–H and O–H groups in total. The number of amides is 1. The van der Waals surface area contributed by atoms with Gasteiger partial charge in [0.2, 0.25) is 15.9 Å². The summed E-state index contributed by atoms with van der Waals surface area (Å²) in [6.07, 6.45) is 1.69. The Bertz CT molecular complexity index is 1960. The monoisotopic (exact) mass is 723 g/mol. The van der Waals surface area contributed by atoms with E-state index in [0.717, 1.165) is 38.4 Å². The Morgan fingerprint density at radius 1 is 0.843 bits per heavy atom. The number of thioether (sulfide) groups is 1. The van der Waals surface area contributed by atoms with Gasteiger partial charge in [0.15, 0.2) is 6.29 Å². The molecule has 6 rings (SSSR count). The number of carbonyl (C=O) groups is 1. The molecule has 0 saturated carbocycles. The number of aryl methyl sites for hydroxylation is 1. The molecule has 264 valence electrons. The minimum Gasteiger partial charge on any atom is -0.392 e. The zero-order valence-corrected chi connectivity index (χ0v) is 29.9. The molecule has 4 atom stereocenters. The number of nitrogens with zero attached hydrogens (tertiary/aromatic N) is 1. The van der Waals surface area contributed by atoms with Crippen LogP contribution in [-0.4, -0.2) is 42.3 Å². The Labute approximate surface area is 303 Å². The van der Waals surface area contributed by atoms with Gasteiger partial charge in [-0.3, -0.25) is 4.79 Å². The second kappa shape index (κ2) is 17.2. The predicted molar refractivity (Wildman–Crippen MR) is 197 cm³/mol. The molecule has 2 heterocycles. The lowest BCUT2D eigenvalue weighted by atomic mass is 10.0. The molecule has 0 spiro atoms. The standard InChI is InChI=1S/C40H41N3O6S2/c1-28-10-20-35(21-11-28)51(46,47)43-36(23-29-7-3-2-4-8-29)39(45)42-25-30-12-18-33(19-13-30)40-48-34(27-50-38-9-5-6-22-41-38)24-37(49-40)32-16-14-31(26-44)15-17-32/h2-22,34,36-37,40,43-44H,23-27H2,1H3,(H,42,45). The number of sulfonamides is 1. The number of ether oxygens (including phenoxy) is 2. The highest BCUT2D eigenvalue weighted by atomic mass is 32.2. The lowest BCUT2D eigenvalue weighted by Gasteiger charge is -2.36. The number of hydrogen-bond donors (Lipinski definition) is 3. The summed E-state index contributed by atoms with van der Waals surface area (Å²) in [4.78, 5) is 18.0. The molecule has 9 nitrogen and oxygen atoms in total. The van der Waals surface area contributed by atoms with Gasteiger partial charge in [0.25, 0.3) is 0 Å². The van der Waals surface area contributed by atoms with Crippen molar-refractivity contribution < 1.29 is 27.8 Å². The van der Waals surface area contributed by atoms with E-state index in [1.54, 1.807) is 30.1 Å². The van der Waals surface area contributed by atoms with Gasteiger partial charge in [0.1, 0.15) is 6.04 Å². The van der Waals surface area contributed by atoms with Gasteiger partial charge in [-0.2, -0.15) is 4.72 Å². The second-order valence-corrected chi connectivity index (χ2v) is 15.2. The second-order valence-electron chi connectivity index (χ2n) is 12.5. The lowest BCUT2D eigenvalue weighted by molar-refractivity contribution is -0.245. The predicted octanol–water partition coefficient (Wildman–Crippen LogP) is 6.43. The van der Waals surface area contributed by atoms with E-state index in [-0.39, 0.29) is 36.7 Å². The van der Waals surface area contributed by atoms with Gasteiger partial charge >= 0.3 is 0 Å². The first-order valence-corrected chi connectivity index (χ1v) is 19.3. The minimum atomic E-state index is -3.95. The third-order valence-electron chi connectivity index (χ3n) is 8.62. The third kappa shape index (κ3) is 10.1. The molecular weight excluding hydrogens is 683 g/mol. The number of aromatic nitrogens is 1. The van der Waals surface area contributed by atoms with Gasteiger partial charge in [-0.15, -0.1) is 11.8 Å². The van der Waals surface area contributed by atoms with Gasteiger partial charge in [0, 0.05) is 30.5 Å². The molecule has 4 aromatic carbocycles. The summed E-state index contributed by atoms with van der Waals surface area (Å²) in [7, 11) is -3.95. The van der Waals surface area contributed by atoms with Gasteiger partial charge in [-0.25, -0.2) is 13.4 Å². The Morgan fingerprint density at radius 3 is 2.22 bits per heavy atom. The summed E-state index contributed by atoms with van der Waals surface area (Å²) in [5, 5.41) is 13.4. The molecule has 5 aromatic rings. The van der Waals surface area contributed by atoms with Crippen LogP contribution in [0.15, 0.2) is 137 Å². The number of aliphatic hydroxyl groups excluding tert-OH is 1. The van der Waals surface area contributed by atoms with Crippen molar-refractivity contribution in [3.05, 3.63) is 161 Å². The normalized spacial score (nSPS) is 18.2. The number of rotatable bonds is 14. The van der Waals surface area contributed by atoms with Crippen molar-refractivity contribution in [2.45, 2.75) is 67.4 Å². The first kappa shape index (κ1) is 36.4. The molecule has 11 heteroatoms. The topological polar surface area (TPSA) is 127 Å². The molecule has 1 fully saturated rings. The summed E-state index contributed by atoms with van der Waals surface area (Å²) in [5.41, 5.74) is 5.29. The van der Waals surface area contributed by atoms with Crippen molar-refractivity contribution in [1.29, 1.82) is 0 Å². The average Bonchev–Trinajstić information content (AvgIpc) is 3.17. The molecular formula is C40H41N3O6S2. The van der Waals surface area contributed by atoms with Crippen LogP contribution in [0.1, 0.15) is 52.2 Å². The van der Waals surface area contributed by atoms with Crippen LogP contribution >= 0.6 is 11.8 Å². The Morgan fingerprint density at radius 2 is 1.53 bits per heavy atom. The lowest BCUT2D eigenvalue weighted by Crippen LogP contribution is -2.47. The van der Waals surface area contributed by atoms with Crippen molar-refractivity contribution in [2.24, 2.45) is 0 Å². The van der Waals surface area contributed by atoms with E-state index in [4.69, 9.17) is 9.47 Å². The van der Waals surface area contributed by atoms with Crippen molar-refractivity contribution in [3.8, 4) is 0 Å². The zero-order chi connectivity index (χ0) is 35.6. The van der Waals surface area contributed by atoms with Gasteiger partial charge in [-0.05, 0) is 59.9 Å². The quantitative estimate of drug-likeness (QED) is 0.112. The van der Waals surface area contributed by atoms with Crippen LogP contribution in [0.25, 0.3) is 0 Å². The fourth-order valence-electron chi connectivity index (χ4n) is 5.75. The number of nitrogens with one attached hydrogen (secondary N) is 2. The molecule has 1 aliphatic heterocycles. The third-order valence-corrected chi connectivity index (χ3v) is 11.2. The Kier molecular flexibility index (Phi) is 12.3. The fourth-order valence-corrected chi connectivity index (χ4v) is 7.83. The highest BCUT2D eigenvalue weighted by Crippen LogP contribution is 2.39. The average molecular weight is 724 g/mol. The highest BCUT2D eigenvalue weighted by molar-refractivity contribution is 7.99. The van der Waals surface area contributed by atoms with E-state index in [1.165, 1.54) is 12.1 Å².